The Bertz CT molecular complexity index is 132. The van der Waals surface area contributed by atoms with Gasteiger partial charge in [-0.15, -0.1) is 0 Å². The Labute approximate surface area is 81.3 Å². The fourth-order valence-electron chi connectivity index (χ4n) is 1.37. The van der Waals surface area contributed by atoms with E-state index in [-0.39, 0.29) is 0 Å². The summed E-state index contributed by atoms with van der Waals surface area (Å²) in [6.45, 7) is 6.20. The van der Waals surface area contributed by atoms with Crippen LogP contribution < -0.4 is 0 Å². The van der Waals surface area contributed by atoms with E-state index in [4.69, 9.17) is 5.11 Å². The van der Waals surface area contributed by atoms with Crippen molar-refractivity contribution in [1.82, 2.24) is 0 Å². The van der Waals surface area contributed by atoms with Gasteiger partial charge in [0.15, 0.2) is 0 Å². The fourth-order valence-corrected chi connectivity index (χ4v) is 1.37. The van der Waals surface area contributed by atoms with E-state index >= 15 is 0 Å². The highest BCUT2D eigenvalue weighted by atomic mass is 16.4. The van der Waals surface area contributed by atoms with Gasteiger partial charge in [-0.3, -0.25) is 4.79 Å². The molecule has 1 atom stereocenters. The van der Waals surface area contributed by atoms with E-state index in [1.54, 1.807) is 0 Å². The van der Waals surface area contributed by atoms with Crippen LogP contribution in [-0.2, 0) is 4.79 Å². The van der Waals surface area contributed by atoms with Gasteiger partial charge in [0.25, 0.3) is 0 Å². The van der Waals surface area contributed by atoms with E-state index in [1.807, 2.05) is 0 Å². The summed E-state index contributed by atoms with van der Waals surface area (Å²) in [6, 6.07) is 0. The van der Waals surface area contributed by atoms with Crippen LogP contribution in [0.4, 0.5) is 0 Å². The van der Waals surface area contributed by atoms with Crippen molar-refractivity contribution >= 4 is 5.97 Å². The summed E-state index contributed by atoms with van der Waals surface area (Å²) in [6.07, 6.45) is 6.91. The minimum Gasteiger partial charge on any atom is -0.481 e. The van der Waals surface area contributed by atoms with Gasteiger partial charge >= 0.3 is 5.97 Å². The van der Waals surface area contributed by atoms with Crippen molar-refractivity contribution in [2.75, 3.05) is 0 Å². The van der Waals surface area contributed by atoms with Crippen molar-refractivity contribution in [2.45, 2.75) is 51.9 Å². The fraction of sp³-hybridized carbons (Fsp3) is 0.818. The van der Waals surface area contributed by atoms with E-state index < -0.39 is 5.97 Å². The SMILES string of the molecule is [CH2]C(CCCCC)CCCC(=O)O. The average Bonchev–Trinajstić information content (AvgIpc) is 2.04. The highest BCUT2D eigenvalue weighted by Gasteiger charge is 2.03. The van der Waals surface area contributed by atoms with Crippen LogP contribution in [0.3, 0.4) is 0 Å². The van der Waals surface area contributed by atoms with E-state index in [0.29, 0.717) is 12.3 Å². The van der Waals surface area contributed by atoms with E-state index in [0.717, 1.165) is 19.3 Å². The number of hydrogen-bond donors (Lipinski definition) is 1. The van der Waals surface area contributed by atoms with Crippen molar-refractivity contribution in [2.24, 2.45) is 5.92 Å². The molecule has 13 heavy (non-hydrogen) atoms. The summed E-state index contributed by atoms with van der Waals surface area (Å²) in [4.78, 5) is 10.2. The molecule has 0 bridgehead atoms. The highest BCUT2D eigenvalue weighted by molar-refractivity contribution is 5.66. The Kier molecular flexibility index (Phi) is 7.76. The van der Waals surface area contributed by atoms with E-state index in [1.165, 1.54) is 19.3 Å². The standard InChI is InChI=1S/C11H21O2/c1-3-4-5-7-10(2)8-6-9-11(12)13/h10H,2-9H2,1H3,(H,12,13). The third-order valence-electron chi connectivity index (χ3n) is 2.22. The molecule has 1 N–H and O–H groups in total. The van der Waals surface area contributed by atoms with Crippen LogP contribution in [-0.4, -0.2) is 11.1 Å². The summed E-state index contributed by atoms with van der Waals surface area (Å²) in [5, 5.41) is 8.42. The number of aliphatic carboxylic acids is 1. The maximum atomic E-state index is 10.2. The molecule has 2 heteroatoms. The Hall–Kier alpha value is -0.530. The summed E-state index contributed by atoms with van der Waals surface area (Å²) in [5.41, 5.74) is 0. The normalized spacial score (nSPS) is 12.8. The van der Waals surface area contributed by atoms with Gasteiger partial charge < -0.3 is 5.11 Å². The Morgan fingerprint density at radius 3 is 2.46 bits per heavy atom. The van der Waals surface area contributed by atoms with Gasteiger partial charge in [-0.2, -0.15) is 0 Å². The van der Waals surface area contributed by atoms with Crippen LogP contribution in [0.5, 0.6) is 0 Å². The predicted molar refractivity (Wildman–Crippen MR) is 54.5 cm³/mol. The minimum atomic E-state index is -0.694. The van der Waals surface area contributed by atoms with Crippen LogP contribution in [0.2, 0.25) is 0 Å². The van der Waals surface area contributed by atoms with Crippen molar-refractivity contribution < 1.29 is 9.90 Å². The molecule has 1 radical (unpaired) electrons. The lowest BCUT2D eigenvalue weighted by molar-refractivity contribution is -0.137. The van der Waals surface area contributed by atoms with Crippen molar-refractivity contribution in [3.63, 3.8) is 0 Å². The quantitative estimate of drug-likeness (QED) is 0.589. The lowest BCUT2D eigenvalue weighted by Gasteiger charge is -2.09. The molecule has 0 aromatic carbocycles. The molecule has 0 spiro atoms. The lowest BCUT2D eigenvalue weighted by Crippen LogP contribution is -1.99. The van der Waals surface area contributed by atoms with Crippen LogP contribution >= 0.6 is 0 Å². The van der Waals surface area contributed by atoms with E-state index in [9.17, 15) is 4.79 Å². The van der Waals surface area contributed by atoms with Gasteiger partial charge in [-0.1, -0.05) is 39.5 Å². The Morgan fingerprint density at radius 1 is 1.31 bits per heavy atom. The molecule has 1 unspecified atom stereocenters. The zero-order valence-electron chi connectivity index (χ0n) is 8.59. The topological polar surface area (TPSA) is 37.3 Å². The molecule has 0 saturated heterocycles. The first-order chi connectivity index (χ1) is 6.16. The average molecular weight is 185 g/mol. The molecule has 0 aromatic heterocycles. The highest BCUT2D eigenvalue weighted by Crippen LogP contribution is 2.15. The molecular formula is C11H21O2. The van der Waals surface area contributed by atoms with Crippen molar-refractivity contribution in [3.8, 4) is 0 Å². The third-order valence-corrected chi connectivity index (χ3v) is 2.22. The second kappa shape index (κ2) is 8.09. The van der Waals surface area contributed by atoms with Crippen LogP contribution in [0, 0.1) is 12.8 Å². The predicted octanol–water partition coefficient (Wildman–Crippen LogP) is 3.27. The molecule has 0 saturated carbocycles. The molecule has 2 nitrogen and oxygen atoms in total. The summed E-state index contributed by atoms with van der Waals surface area (Å²) in [7, 11) is 0. The Balaban J connectivity index is 3.19. The molecule has 0 aliphatic carbocycles. The van der Waals surface area contributed by atoms with Crippen LogP contribution in [0.15, 0.2) is 0 Å². The number of rotatable bonds is 8. The van der Waals surface area contributed by atoms with Gasteiger partial charge in [0.05, 0.1) is 0 Å². The summed E-state index contributed by atoms with van der Waals surface area (Å²) < 4.78 is 0. The molecule has 77 valence electrons. The molecule has 0 heterocycles. The first-order valence-electron chi connectivity index (χ1n) is 5.21. The molecule has 0 fully saturated rings. The number of hydrogen-bond acceptors (Lipinski definition) is 1. The van der Waals surface area contributed by atoms with Gasteiger partial charge in [0.1, 0.15) is 0 Å². The monoisotopic (exact) mass is 185 g/mol. The molecule has 0 aliphatic rings. The second-order valence-corrected chi connectivity index (χ2v) is 3.65. The largest absolute Gasteiger partial charge is 0.481 e. The molecule has 0 aliphatic heterocycles. The summed E-state index contributed by atoms with van der Waals surface area (Å²) >= 11 is 0. The van der Waals surface area contributed by atoms with Gasteiger partial charge in [-0.25, -0.2) is 0 Å². The molecule has 0 rings (SSSR count). The third kappa shape index (κ3) is 9.38. The van der Waals surface area contributed by atoms with Crippen molar-refractivity contribution in [1.29, 1.82) is 0 Å². The van der Waals surface area contributed by atoms with Gasteiger partial charge in [0.2, 0.25) is 0 Å². The van der Waals surface area contributed by atoms with Crippen LogP contribution in [0.1, 0.15) is 51.9 Å². The van der Waals surface area contributed by atoms with Crippen molar-refractivity contribution in [3.05, 3.63) is 6.92 Å². The summed E-state index contributed by atoms with van der Waals surface area (Å²) in [5.74, 6) is -0.244. The zero-order chi connectivity index (χ0) is 10.1. The molecular weight excluding hydrogens is 164 g/mol. The maximum Gasteiger partial charge on any atom is 0.303 e. The Morgan fingerprint density at radius 2 is 1.92 bits per heavy atom. The molecule has 0 amide bonds. The number of carboxylic acids is 1. The van der Waals surface area contributed by atoms with Gasteiger partial charge in [-0.05, 0) is 18.8 Å². The first-order valence-corrected chi connectivity index (χ1v) is 5.21. The number of carbonyl (C=O) groups is 1. The maximum absolute atomic E-state index is 10.2. The van der Waals surface area contributed by atoms with E-state index in [2.05, 4.69) is 13.8 Å². The number of carboxylic acid groups (broad SMARTS) is 1. The van der Waals surface area contributed by atoms with Crippen LogP contribution in [0.25, 0.3) is 0 Å². The second-order valence-electron chi connectivity index (χ2n) is 3.65. The number of unbranched alkanes of at least 4 members (excludes halogenated alkanes) is 2. The minimum absolute atomic E-state index is 0.291. The first kappa shape index (κ1) is 12.5. The lowest BCUT2D eigenvalue weighted by atomic mass is 9.97. The zero-order valence-corrected chi connectivity index (χ0v) is 8.59. The smallest absolute Gasteiger partial charge is 0.303 e. The molecule has 0 aromatic rings. The van der Waals surface area contributed by atoms with Gasteiger partial charge in [0, 0.05) is 6.42 Å².